The average Bonchev–Trinajstić information content (AvgIpc) is 2.57. The highest BCUT2D eigenvalue weighted by atomic mass is 35.5. The van der Waals surface area contributed by atoms with Gasteiger partial charge in [0, 0.05) is 11.4 Å². The highest BCUT2D eigenvalue weighted by Crippen LogP contribution is 2.33. The van der Waals surface area contributed by atoms with Gasteiger partial charge < -0.3 is 5.32 Å². The van der Waals surface area contributed by atoms with Gasteiger partial charge >= 0.3 is 0 Å². The van der Waals surface area contributed by atoms with Gasteiger partial charge in [0.1, 0.15) is 0 Å². The van der Waals surface area contributed by atoms with Crippen molar-refractivity contribution in [3.63, 3.8) is 0 Å². The largest absolute Gasteiger partial charge is 0.355 e. The fraction of sp³-hybridized carbons (Fsp3) is 0.385. The van der Waals surface area contributed by atoms with Crippen LogP contribution in [0.5, 0.6) is 0 Å². The zero-order chi connectivity index (χ0) is 13.0. The highest BCUT2D eigenvalue weighted by Gasteiger charge is 2.22. The van der Waals surface area contributed by atoms with Crippen LogP contribution in [0.3, 0.4) is 0 Å². The van der Waals surface area contributed by atoms with Gasteiger partial charge in [0.15, 0.2) is 0 Å². The number of halogens is 1. The Bertz CT molecular complexity index is 498. The van der Waals surface area contributed by atoms with Crippen molar-refractivity contribution >= 4 is 29.3 Å². The number of hydrogen-bond donors (Lipinski definition) is 1. The van der Waals surface area contributed by atoms with E-state index in [0.29, 0.717) is 10.6 Å². The smallest absolute Gasteiger partial charge is 0.233 e. The number of nitrogens with one attached hydrogen (secondary N) is 1. The standard InChI is InChI=1S/C13H13ClN2OS/c14-10-7-9(8-15)4-5-11(10)18-12-3-1-2-6-16-13(12)17/h4-5,7,12H,1-3,6H2,(H,16,17)/t12-/m1/s1. The number of benzene rings is 1. The molecule has 1 aliphatic heterocycles. The lowest BCUT2D eigenvalue weighted by Gasteiger charge is -2.13. The van der Waals surface area contributed by atoms with Crippen LogP contribution in [0.15, 0.2) is 23.1 Å². The van der Waals surface area contributed by atoms with Gasteiger partial charge in [-0.15, -0.1) is 11.8 Å². The first kappa shape index (κ1) is 13.3. The lowest BCUT2D eigenvalue weighted by atomic mass is 10.2. The van der Waals surface area contributed by atoms with Crippen LogP contribution in [0.1, 0.15) is 24.8 Å². The summed E-state index contributed by atoms with van der Waals surface area (Å²) in [7, 11) is 0. The van der Waals surface area contributed by atoms with Crippen molar-refractivity contribution in [3.05, 3.63) is 28.8 Å². The van der Waals surface area contributed by atoms with E-state index in [1.165, 1.54) is 11.8 Å². The van der Waals surface area contributed by atoms with Gasteiger partial charge in [0.2, 0.25) is 5.91 Å². The number of carbonyl (C=O) groups excluding carboxylic acids is 1. The molecule has 94 valence electrons. The first-order valence-corrected chi connectivity index (χ1v) is 7.10. The molecule has 0 aliphatic carbocycles. The molecule has 3 nitrogen and oxygen atoms in total. The van der Waals surface area contributed by atoms with Crippen LogP contribution >= 0.6 is 23.4 Å². The third kappa shape index (κ3) is 3.18. The summed E-state index contributed by atoms with van der Waals surface area (Å²) < 4.78 is 0. The number of thioether (sulfide) groups is 1. The Hall–Kier alpha value is -1.18. The second-order valence-corrected chi connectivity index (χ2v) is 5.80. The van der Waals surface area contributed by atoms with E-state index >= 15 is 0 Å². The Kier molecular flexibility index (Phi) is 4.51. The maximum atomic E-state index is 11.8. The molecule has 1 aromatic rings. The number of hydrogen-bond acceptors (Lipinski definition) is 3. The number of rotatable bonds is 2. The highest BCUT2D eigenvalue weighted by molar-refractivity contribution is 8.00. The SMILES string of the molecule is N#Cc1ccc(S[C@@H]2CCCCNC2=O)c(Cl)c1. The third-order valence-corrected chi connectivity index (χ3v) is 4.58. The van der Waals surface area contributed by atoms with Crippen molar-refractivity contribution in [2.45, 2.75) is 29.4 Å². The molecule has 0 bridgehead atoms. The summed E-state index contributed by atoms with van der Waals surface area (Å²) in [6.07, 6.45) is 2.95. The molecule has 1 atom stereocenters. The maximum Gasteiger partial charge on any atom is 0.233 e. The van der Waals surface area contributed by atoms with E-state index in [1.807, 2.05) is 12.1 Å². The van der Waals surface area contributed by atoms with Gasteiger partial charge in [-0.05, 0) is 31.0 Å². The monoisotopic (exact) mass is 280 g/mol. The van der Waals surface area contributed by atoms with Gasteiger partial charge in [-0.25, -0.2) is 0 Å². The van der Waals surface area contributed by atoms with E-state index in [-0.39, 0.29) is 11.2 Å². The van der Waals surface area contributed by atoms with Gasteiger partial charge in [0.25, 0.3) is 0 Å². The second kappa shape index (κ2) is 6.12. The summed E-state index contributed by atoms with van der Waals surface area (Å²) in [5.74, 6) is 0.0814. The second-order valence-electron chi connectivity index (χ2n) is 4.15. The first-order valence-electron chi connectivity index (χ1n) is 5.85. The summed E-state index contributed by atoms with van der Waals surface area (Å²) in [6.45, 7) is 0.761. The third-order valence-electron chi connectivity index (χ3n) is 2.81. The van der Waals surface area contributed by atoms with E-state index in [9.17, 15) is 4.79 Å². The van der Waals surface area contributed by atoms with Crippen LogP contribution in [0, 0.1) is 11.3 Å². The summed E-state index contributed by atoms with van der Waals surface area (Å²) in [5.41, 5.74) is 0.537. The summed E-state index contributed by atoms with van der Waals surface area (Å²) in [4.78, 5) is 12.7. The van der Waals surface area contributed by atoms with E-state index in [1.54, 1.807) is 12.1 Å². The minimum Gasteiger partial charge on any atom is -0.355 e. The number of carbonyl (C=O) groups is 1. The molecular weight excluding hydrogens is 268 g/mol. The van der Waals surface area contributed by atoms with Gasteiger partial charge in [0.05, 0.1) is 21.9 Å². The van der Waals surface area contributed by atoms with Crippen LogP contribution in [-0.4, -0.2) is 17.7 Å². The fourth-order valence-electron chi connectivity index (χ4n) is 1.84. The molecule has 1 fully saturated rings. The van der Waals surface area contributed by atoms with Crippen molar-refractivity contribution < 1.29 is 4.79 Å². The summed E-state index contributed by atoms with van der Waals surface area (Å²) >= 11 is 7.59. The van der Waals surface area contributed by atoms with E-state index in [2.05, 4.69) is 5.32 Å². The molecule has 1 aliphatic rings. The fourth-order valence-corrected chi connectivity index (χ4v) is 3.26. The van der Waals surface area contributed by atoms with Crippen molar-refractivity contribution in [1.82, 2.24) is 5.32 Å². The first-order chi connectivity index (χ1) is 8.70. The lowest BCUT2D eigenvalue weighted by molar-refractivity contribution is -0.120. The molecule has 0 radical (unpaired) electrons. The summed E-state index contributed by atoms with van der Waals surface area (Å²) in [6, 6.07) is 7.22. The molecule has 1 heterocycles. The lowest BCUT2D eigenvalue weighted by Crippen LogP contribution is -2.30. The molecule has 2 rings (SSSR count). The van der Waals surface area contributed by atoms with Crippen LogP contribution in [0.25, 0.3) is 0 Å². The van der Waals surface area contributed by atoms with Gasteiger partial charge in [-0.3, -0.25) is 4.79 Å². The quantitative estimate of drug-likeness (QED) is 0.906. The number of nitriles is 1. The molecule has 0 aromatic heterocycles. The Labute approximate surface area is 116 Å². The van der Waals surface area contributed by atoms with E-state index in [0.717, 1.165) is 30.7 Å². The normalized spacial score (nSPS) is 19.8. The molecule has 0 spiro atoms. The topological polar surface area (TPSA) is 52.9 Å². The van der Waals surface area contributed by atoms with Crippen LogP contribution in [0.4, 0.5) is 0 Å². The minimum absolute atomic E-state index is 0.0814. The van der Waals surface area contributed by atoms with Crippen molar-refractivity contribution in [3.8, 4) is 6.07 Å². The van der Waals surface area contributed by atoms with Gasteiger partial charge in [-0.1, -0.05) is 18.0 Å². The van der Waals surface area contributed by atoms with Crippen LogP contribution < -0.4 is 5.32 Å². The Morgan fingerprint density at radius 1 is 1.44 bits per heavy atom. The molecule has 5 heteroatoms. The minimum atomic E-state index is -0.0852. The average molecular weight is 281 g/mol. The zero-order valence-corrected chi connectivity index (χ0v) is 11.4. The van der Waals surface area contributed by atoms with Crippen LogP contribution in [-0.2, 0) is 4.79 Å². The van der Waals surface area contributed by atoms with E-state index < -0.39 is 0 Å². The predicted molar refractivity (Wildman–Crippen MR) is 72.7 cm³/mol. The van der Waals surface area contributed by atoms with Crippen molar-refractivity contribution in [1.29, 1.82) is 5.26 Å². The van der Waals surface area contributed by atoms with Gasteiger partial charge in [-0.2, -0.15) is 5.26 Å². The van der Waals surface area contributed by atoms with Crippen molar-refractivity contribution in [2.75, 3.05) is 6.54 Å². The molecule has 0 unspecified atom stereocenters. The maximum absolute atomic E-state index is 11.8. The molecule has 1 N–H and O–H groups in total. The van der Waals surface area contributed by atoms with Crippen molar-refractivity contribution in [2.24, 2.45) is 0 Å². The molecular formula is C13H13ClN2OS. The van der Waals surface area contributed by atoms with E-state index in [4.69, 9.17) is 16.9 Å². The predicted octanol–water partition coefficient (Wildman–Crippen LogP) is 2.97. The Morgan fingerprint density at radius 3 is 3.00 bits per heavy atom. The summed E-state index contributed by atoms with van der Waals surface area (Å²) in [5, 5.41) is 12.1. The zero-order valence-electron chi connectivity index (χ0n) is 9.78. The molecule has 0 saturated carbocycles. The molecule has 1 saturated heterocycles. The Morgan fingerprint density at radius 2 is 2.28 bits per heavy atom. The molecule has 1 amide bonds. The molecule has 18 heavy (non-hydrogen) atoms. The Balaban J connectivity index is 2.13. The van der Waals surface area contributed by atoms with Crippen LogP contribution in [0.2, 0.25) is 5.02 Å². The number of nitrogens with zero attached hydrogens (tertiary/aromatic N) is 1. The number of amides is 1. The molecule has 1 aromatic carbocycles.